The van der Waals surface area contributed by atoms with Crippen molar-refractivity contribution in [2.45, 2.75) is 6.92 Å². The molecule has 82 valence electrons. The first-order valence-corrected chi connectivity index (χ1v) is 5.48. The Labute approximate surface area is 96.0 Å². The normalized spacial score (nSPS) is 10.1. The number of carbonyl (C=O) groups is 1. The molecule has 1 N–H and O–H groups in total. The van der Waals surface area contributed by atoms with Crippen LogP contribution in [-0.2, 0) is 0 Å². The number of anilines is 1. The number of hydrogen-bond donors (Lipinski definition) is 1. The zero-order valence-corrected chi connectivity index (χ0v) is 9.34. The summed E-state index contributed by atoms with van der Waals surface area (Å²) in [6.45, 7) is 1.66. The van der Waals surface area contributed by atoms with Gasteiger partial charge in [-0.25, -0.2) is 4.98 Å². The topological polar surface area (TPSA) is 42.0 Å². The Bertz CT molecular complexity index is 510. The fourth-order valence-corrected chi connectivity index (χ4v) is 1.95. The van der Waals surface area contributed by atoms with Gasteiger partial charge >= 0.3 is 0 Å². The van der Waals surface area contributed by atoms with E-state index in [1.54, 1.807) is 31.2 Å². The van der Waals surface area contributed by atoms with E-state index < -0.39 is 11.9 Å². The number of amides is 1. The van der Waals surface area contributed by atoms with E-state index >= 15 is 0 Å². The highest BCUT2D eigenvalue weighted by Gasteiger charge is 2.16. The average molecular weight is 236 g/mol. The van der Waals surface area contributed by atoms with E-state index in [-0.39, 0.29) is 4.88 Å². The lowest BCUT2D eigenvalue weighted by atomic mass is 10.3. The lowest BCUT2D eigenvalue weighted by Crippen LogP contribution is -2.11. The molecule has 1 aromatic carbocycles. The molecule has 0 saturated carbocycles. The quantitative estimate of drug-likeness (QED) is 0.871. The number of para-hydroxylation sites is 1. The summed E-state index contributed by atoms with van der Waals surface area (Å²) in [4.78, 5) is 15.2. The maximum Gasteiger partial charge on any atom is 0.270 e. The molecule has 2 aromatic rings. The molecule has 0 spiro atoms. The van der Waals surface area contributed by atoms with Crippen LogP contribution in [0.3, 0.4) is 0 Å². The van der Waals surface area contributed by atoms with Crippen LogP contribution in [-0.4, -0.2) is 10.9 Å². The van der Waals surface area contributed by atoms with Crippen molar-refractivity contribution >= 4 is 22.9 Å². The smallest absolute Gasteiger partial charge is 0.270 e. The number of nitrogens with zero attached hydrogens (tertiary/aromatic N) is 1. The third kappa shape index (κ3) is 2.25. The molecule has 0 fully saturated rings. The number of aryl methyl sites for hydroxylation is 1. The van der Waals surface area contributed by atoms with Crippen molar-refractivity contribution in [3.05, 3.63) is 46.2 Å². The second-order valence-electron chi connectivity index (χ2n) is 3.17. The van der Waals surface area contributed by atoms with Crippen LogP contribution in [0.1, 0.15) is 14.7 Å². The van der Waals surface area contributed by atoms with Gasteiger partial charge in [0.05, 0.1) is 5.01 Å². The van der Waals surface area contributed by atoms with E-state index in [1.165, 1.54) is 0 Å². The molecule has 16 heavy (non-hydrogen) atoms. The SMILES string of the molecule is Cc1nc(F)c(C(=O)Nc2ccccc2)s1. The van der Waals surface area contributed by atoms with Crippen LogP contribution in [0, 0.1) is 12.9 Å². The van der Waals surface area contributed by atoms with Crippen LogP contribution in [0.2, 0.25) is 0 Å². The summed E-state index contributed by atoms with van der Waals surface area (Å²) in [5.74, 6) is -1.18. The number of thiazole rings is 1. The molecule has 1 amide bonds. The van der Waals surface area contributed by atoms with E-state index in [1.807, 2.05) is 6.07 Å². The maximum atomic E-state index is 13.2. The third-order valence-electron chi connectivity index (χ3n) is 1.93. The summed E-state index contributed by atoms with van der Waals surface area (Å²) in [7, 11) is 0. The standard InChI is InChI=1S/C11H9FN2OS/c1-7-13-10(12)9(16-7)11(15)14-8-5-3-2-4-6-8/h2-6H,1H3,(H,14,15). The largest absolute Gasteiger partial charge is 0.321 e. The summed E-state index contributed by atoms with van der Waals surface area (Å²) in [5.41, 5.74) is 0.637. The first-order chi connectivity index (χ1) is 7.66. The second kappa shape index (κ2) is 4.40. The summed E-state index contributed by atoms with van der Waals surface area (Å²) in [6.07, 6.45) is 0. The molecule has 0 saturated heterocycles. The van der Waals surface area contributed by atoms with Gasteiger partial charge in [0.25, 0.3) is 5.91 Å². The van der Waals surface area contributed by atoms with Crippen molar-refractivity contribution in [2.24, 2.45) is 0 Å². The van der Waals surface area contributed by atoms with Gasteiger partial charge in [-0.05, 0) is 19.1 Å². The molecule has 1 aromatic heterocycles. The summed E-state index contributed by atoms with van der Waals surface area (Å²) >= 11 is 1.04. The predicted octanol–water partition coefficient (Wildman–Crippen LogP) is 2.84. The molecule has 0 bridgehead atoms. The number of hydrogen-bond acceptors (Lipinski definition) is 3. The summed E-state index contributed by atoms with van der Waals surface area (Å²) < 4.78 is 13.2. The molecule has 5 heteroatoms. The number of benzene rings is 1. The zero-order chi connectivity index (χ0) is 11.5. The molecule has 0 radical (unpaired) electrons. The second-order valence-corrected chi connectivity index (χ2v) is 4.38. The Morgan fingerprint density at radius 1 is 1.38 bits per heavy atom. The van der Waals surface area contributed by atoms with Gasteiger partial charge in [0, 0.05) is 5.69 Å². The maximum absolute atomic E-state index is 13.2. The van der Waals surface area contributed by atoms with Crippen LogP contribution < -0.4 is 5.32 Å². The van der Waals surface area contributed by atoms with Gasteiger partial charge in [-0.2, -0.15) is 4.39 Å². The Morgan fingerprint density at radius 2 is 2.06 bits per heavy atom. The Hall–Kier alpha value is -1.75. The van der Waals surface area contributed by atoms with Gasteiger partial charge in [0.15, 0.2) is 0 Å². The van der Waals surface area contributed by atoms with E-state index in [0.717, 1.165) is 11.3 Å². The van der Waals surface area contributed by atoms with Gasteiger partial charge in [0.1, 0.15) is 4.88 Å². The van der Waals surface area contributed by atoms with Gasteiger partial charge < -0.3 is 5.32 Å². The van der Waals surface area contributed by atoms with Gasteiger partial charge in [-0.3, -0.25) is 4.79 Å². The Morgan fingerprint density at radius 3 is 2.62 bits per heavy atom. The average Bonchev–Trinajstić information content (AvgIpc) is 2.59. The van der Waals surface area contributed by atoms with Gasteiger partial charge in [0.2, 0.25) is 5.95 Å². The molecular formula is C11H9FN2OS. The van der Waals surface area contributed by atoms with Crippen molar-refractivity contribution < 1.29 is 9.18 Å². The van der Waals surface area contributed by atoms with Crippen LogP contribution in [0.5, 0.6) is 0 Å². The lowest BCUT2D eigenvalue weighted by molar-refractivity contribution is 0.102. The number of rotatable bonds is 2. The minimum absolute atomic E-state index is 0.0151. The van der Waals surface area contributed by atoms with Gasteiger partial charge in [-0.1, -0.05) is 18.2 Å². The summed E-state index contributed by atoms with van der Waals surface area (Å²) in [5, 5.41) is 3.14. The zero-order valence-electron chi connectivity index (χ0n) is 8.53. The van der Waals surface area contributed by atoms with E-state index in [2.05, 4.69) is 10.3 Å². The summed E-state index contributed by atoms with van der Waals surface area (Å²) in [6, 6.07) is 8.91. The lowest BCUT2D eigenvalue weighted by Gasteiger charge is -2.01. The van der Waals surface area contributed by atoms with E-state index in [0.29, 0.717) is 10.7 Å². The molecular weight excluding hydrogens is 227 g/mol. The molecule has 1 heterocycles. The van der Waals surface area contributed by atoms with Crippen molar-refractivity contribution in [1.82, 2.24) is 4.98 Å². The molecule has 2 rings (SSSR count). The molecule has 0 aliphatic rings. The molecule has 0 aliphatic carbocycles. The van der Waals surface area contributed by atoms with E-state index in [9.17, 15) is 9.18 Å². The van der Waals surface area contributed by atoms with Crippen LogP contribution >= 0.6 is 11.3 Å². The molecule has 3 nitrogen and oxygen atoms in total. The molecule has 0 atom stereocenters. The number of aromatic nitrogens is 1. The predicted molar refractivity (Wildman–Crippen MR) is 61.2 cm³/mol. The molecule has 0 aliphatic heterocycles. The third-order valence-corrected chi connectivity index (χ3v) is 2.88. The highest BCUT2D eigenvalue weighted by Crippen LogP contribution is 2.18. The minimum atomic E-state index is -0.712. The molecule has 0 unspecified atom stereocenters. The first kappa shape index (κ1) is 10.8. The highest BCUT2D eigenvalue weighted by molar-refractivity contribution is 7.13. The Balaban J connectivity index is 2.18. The number of halogens is 1. The van der Waals surface area contributed by atoms with Gasteiger partial charge in [-0.15, -0.1) is 11.3 Å². The van der Waals surface area contributed by atoms with Crippen molar-refractivity contribution in [3.8, 4) is 0 Å². The van der Waals surface area contributed by atoms with Crippen molar-refractivity contribution in [2.75, 3.05) is 5.32 Å². The fraction of sp³-hybridized carbons (Fsp3) is 0.0909. The van der Waals surface area contributed by atoms with Crippen molar-refractivity contribution in [1.29, 1.82) is 0 Å². The number of nitrogens with one attached hydrogen (secondary N) is 1. The fourth-order valence-electron chi connectivity index (χ4n) is 1.25. The highest BCUT2D eigenvalue weighted by atomic mass is 32.1. The van der Waals surface area contributed by atoms with Crippen LogP contribution in [0.25, 0.3) is 0 Å². The monoisotopic (exact) mass is 236 g/mol. The van der Waals surface area contributed by atoms with Crippen LogP contribution in [0.4, 0.5) is 10.1 Å². The van der Waals surface area contributed by atoms with Crippen molar-refractivity contribution in [3.63, 3.8) is 0 Å². The first-order valence-electron chi connectivity index (χ1n) is 4.66. The minimum Gasteiger partial charge on any atom is -0.321 e. The van der Waals surface area contributed by atoms with Crippen LogP contribution in [0.15, 0.2) is 30.3 Å². The number of carbonyl (C=O) groups excluding carboxylic acids is 1. The Kier molecular flexibility index (Phi) is 2.96. The van der Waals surface area contributed by atoms with E-state index in [4.69, 9.17) is 0 Å².